The smallest absolute Gasteiger partial charge is 0.270 e. The molecule has 24 heavy (non-hydrogen) atoms. The van der Waals surface area contributed by atoms with Crippen molar-refractivity contribution >= 4 is 23.3 Å². The summed E-state index contributed by atoms with van der Waals surface area (Å²) in [5.41, 5.74) is 1.35. The fourth-order valence-electron chi connectivity index (χ4n) is 2.27. The van der Waals surface area contributed by atoms with E-state index < -0.39 is 0 Å². The number of amides is 1. The molecule has 0 saturated heterocycles. The largest absolute Gasteiger partial charge is 0.366 e. The zero-order valence-electron chi connectivity index (χ0n) is 14.1. The molecule has 1 aromatic heterocycles. The zero-order chi connectivity index (χ0) is 17.4. The summed E-state index contributed by atoms with van der Waals surface area (Å²) in [4.78, 5) is 20.7. The summed E-state index contributed by atoms with van der Waals surface area (Å²) in [5, 5.41) is 6.79. The maximum absolute atomic E-state index is 12.2. The number of benzene rings is 1. The van der Waals surface area contributed by atoms with E-state index in [1.807, 2.05) is 24.3 Å². The number of unbranched alkanes of at least 4 members (excludes halogenated alkanes) is 2. The average molecular weight is 347 g/mol. The Labute approximate surface area is 147 Å². The van der Waals surface area contributed by atoms with Gasteiger partial charge in [-0.15, -0.1) is 0 Å². The average Bonchev–Trinajstić information content (AvgIpc) is 2.57. The van der Waals surface area contributed by atoms with Crippen molar-refractivity contribution in [3.8, 4) is 0 Å². The molecule has 0 aliphatic carbocycles. The molecule has 2 N–H and O–H groups in total. The highest BCUT2D eigenvalue weighted by Crippen LogP contribution is 2.16. The molecule has 1 aromatic carbocycles. The Morgan fingerprint density at radius 1 is 1.21 bits per heavy atom. The van der Waals surface area contributed by atoms with E-state index in [9.17, 15) is 4.79 Å². The summed E-state index contributed by atoms with van der Waals surface area (Å²) < 4.78 is 0. The Balaban J connectivity index is 2.00. The van der Waals surface area contributed by atoms with Gasteiger partial charge in [-0.3, -0.25) is 4.79 Å². The number of carbonyl (C=O) groups excluding carboxylic acids is 1. The van der Waals surface area contributed by atoms with Gasteiger partial charge < -0.3 is 10.6 Å². The van der Waals surface area contributed by atoms with E-state index >= 15 is 0 Å². The Hall–Kier alpha value is -2.14. The van der Waals surface area contributed by atoms with Gasteiger partial charge in [0.25, 0.3) is 5.91 Å². The summed E-state index contributed by atoms with van der Waals surface area (Å²) in [6.07, 6.45) is 3.20. The SMILES string of the molecule is CCCCCNC(=O)c1cc(NCc2ccccc2Cl)nc(C)n1. The first kappa shape index (κ1) is 18.2. The van der Waals surface area contributed by atoms with Crippen LogP contribution in [0, 0.1) is 6.92 Å². The van der Waals surface area contributed by atoms with E-state index in [-0.39, 0.29) is 5.91 Å². The molecule has 0 unspecified atom stereocenters. The van der Waals surface area contributed by atoms with Gasteiger partial charge in [0.05, 0.1) is 0 Å². The van der Waals surface area contributed by atoms with Crippen LogP contribution >= 0.6 is 11.6 Å². The van der Waals surface area contributed by atoms with Crippen LogP contribution in [0.5, 0.6) is 0 Å². The third kappa shape index (κ3) is 5.49. The van der Waals surface area contributed by atoms with Crippen molar-refractivity contribution in [3.05, 3.63) is 52.4 Å². The third-order valence-electron chi connectivity index (χ3n) is 3.55. The molecule has 128 valence electrons. The quantitative estimate of drug-likeness (QED) is 0.710. The lowest BCUT2D eigenvalue weighted by molar-refractivity contribution is 0.0947. The van der Waals surface area contributed by atoms with Gasteiger partial charge in [0.15, 0.2) is 0 Å². The molecule has 6 heteroatoms. The molecule has 2 aromatic rings. The van der Waals surface area contributed by atoms with E-state index in [0.717, 1.165) is 24.8 Å². The molecule has 0 saturated carbocycles. The molecule has 0 aliphatic rings. The molecule has 5 nitrogen and oxygen atoms in total. The number of hydrogen-bond donors (Lipinski definition) is 2. The molecule has 0 spiro atoms. The lowest BCUT2D eigenvalue weighted by Crippen LogP contribution is -2.26. The van der Waals surface area contributed by atoms with Gasteiger partial charge in [0, 0.05) is 24.2 Å². The van der Waals surface area contributed by atoms with Crippen molar-refractivity contribution in [1.29, 1.82) is 0 Å². The molecular formula is C18H23ClN4O. The van der Waals surface area contributed by atoms with Gasteiger partial charge in [0.2, 0.25) is 0 Å². The second-order valence-corrected chi connectivity index (χ2v) is 6.00. The minimum atomic E-state index is -0.169. The van der Waals surface area contributed by atoms with Crippen molar-refractivity contribution in [3.63, 3.8) is 0 Å². The molecule has 0 fully saturated rings. The highest BCUT2D eigenvalue weighted by atomic mass is 35.5. The Kier molecular flexibility index (Phi) is 7.00. The number of anilines is 1. The van der Waals surface area contributed by atoms with Crippen molar-refractivity contribution in [2.75, 3.05) is 11.9 Å². The lowest BCUT2D eigenvalue weighted by atomic mass is 10.2. The van der Waals surface area contributed by atoms with Crippen LogP contribution in [0.25, 0.3) is 0 Å². The van der Waals surface area contributed by atoms with E-state index in [2.05, 4.69) is 27.5 Å². The summed E-state index contributed by atoms with van der Waals surface area (Å²) >= 11 is 6.15. The Morgan fingerprint density at radius 3 is 2.75 bits per heavy atom. The third-order valence-corrected chi connectivity index (χ3v) is 3.92. The molecule has 0 aliphatic heterocycles. The number of hydrogen-bond acceptors (Lipinski definition) is 4. The second-order valence-electron chi connectivity index (χ2n) is 5.59. The second kappa shape index (κ2) is 9.23. The highest BCUT2D eigenvalue weighted by molar-refractivity contribution is 6.31. The van der Waals surface area contributed by atoms with Crippen LogP contribution < -0.4 is 10.6 Å². The fraction of sp³-hybridized carbons (Fsp3) is 0.389. The molecule has 1 amide bonds. The van der Waals surface area contributed by atoms with E-state index in [1.165, 1.54) is 0 Å². The van der Waals surface area contributed by atoms with Crippen molar-refractivity contribution in [1.82, 2.24) is 15.3 Å². The van der Waals surface area contributed by atoms with Gasteiger partial charge in [0.1, 0.15) is 17.3 Å². The number of carbonyl (C=O) groups is 1. The Bertz CT molecular complexity index is 690. The van der Waals surface area contributed by atoms with Crippen LogP contribution in [0.15, 0.2) is 30.3 Å². The predicted octanol–water partition coefficient (Wildman–Crippen LogP) is 3.97. The molecule has 0 radical (unpaired) electrons. The van der Waals surface area contributed by atoms with Crippen LogP contribution in [0.1, 0.15) is 48.1 Å². The predicted molar refractivity (Wildman–Crippen MR) is 97.4 cm³/mol. The standard InChI is InChI=1S/C18H23ClN4O/c1-3-4-7-10-20-18(24)16-11-17(23-13(2)22-16)21-12-14-8-5-6-9-15(14)19/h5-6,8-9,11H,3-4,7,10,12H2,1-2H3,(H,20,24)(H,21,22,23). The van der Waals surface area contributed by atoms with E-state index in [1.54, 1.807) is 13.0 Å². The van der Waals surface area contributed by atoms with Gasteiger partial charge >= 0.3 is 0 Å². The monoisotopic (exact) mass is 346 g/mol. The number of nitrogens with zero attached hydrogens (tertiary/aromatic N) is 2. The summed E-state index contributed by atoms with van der Waals surface area (Å²) in [5.74, 6) is 0.997. The van der Waals surface area contributed by atoms with Crippen molar-refractivity contribution in [2.24, 2.45) is 0 Å². The first-order chi connectivity index (χ1) is 11.6. The van der Waals surface area contributed by atoms with E-state index in [4.69, 9.17) is 11.6 Å². The number of halogens is 1. The van der Waals surface area contributed by atoms with E-state index in [0.29, 0.717) is 35.4 Å². The topological polar surface area (TPSA) is 66.9 Å². The maximum atomic E-state index is 12.2. The Morgan fingerprint density at radius 2 is 2.00 bits per heavy atom. The van der Waals surface area contributed by atoms with Crippen LogP contribution in [0.4, 0.5) is 5.82 Å². The van der Waals surface area contributed by atoms with Crippen LogP contribution in [-0.2, 0) is 6.54 Å². The van der Waals surface area contributed by atoms with Gasteiger partial charge in [-0.25, -0.2) is 9.97 Å². The normalized spacial score (nSPS) is 10.5. The molecule has 1 heterocycles. The summed E-state index contributed by atoms with van der Waals surface area (Å²) in [6.45, 7) is 5.10. The van der Waals surface area contributed by atoms with Gasteiger partial charge in [-0.2, -0.15) is 0 Å². The molecular weight excluding hydrogens is 324 g/mol. The minimum Gasteiger partial charge on any atom is -0.366 e. The molecule has 0 bridgehead atoms. The van der Waals surface area contributed by atoms with Crippen molar-refractivity contribution in [2.45, 2.75) is 39.7 Å². The first-order valence-electron chi connectivity index (χ1n) is 8.21. The van der Waals surface area contributed by atoms with Crippen LogP contribution in [-0.4, -0.2) is 22.4 Å². The zero-order valence-corrected chi connectivity index (χ0v) is 14.9. The number of aryl methyl sites for hydroxylation is 1. The number of nitrogens with one attached hydrogen (secondary N) is 2. The summed E-state index contributed by atoms with van der Waals surface area (Å²) in [6, 6.07) is 9.29. The van der Waals surface area contributed by atoms with Gasteiger partial charge in [-0.1, -0.05) is 49.6 Å². The summed E-state index contributed by atoms with van der Waals surface area (Å²) in [7, 11) is 0. The first-order valence-corrected chi connectivity index (χ1v) is 8.59. The molecule has 2 rings (SSSR count). The van der Waals surface area contributed by atoms with Crippen LogP contribution in [0.3, 0.4) is 0 Å². The van der Waals surface area contributed by atoms with Crippen LogP contribution in [0.2, 0.25) is 5.02 Å². The maximum Gasteiger partial charge on any atom is 0.270 e. The minimum absolute atomic E-state index is 0.169. The molecule has 0 atom stereocenters. The lowest BCUT2D eigenvalue weighted by Gasteiger charge is -2.10. The highest BCUT2D eigenvalue weighted by Gasteiger charge is 2.10. The van der Waals surface area contributed by atoms with Crippen molar-refractivity contribution < 1.29 is 4.79 Å². The number of aromatic nitrogens is 2. The van der Waals surface area contributed by atoms with Gasteiger partial charge in [-0.05, 0) is 25.0 Å². The fourth-order valence-corrected chi connectivity index (χ4v) is 2.47. The number of rotatable bonds is 8.